The fourth-order valence-corrected chi connectivity index (χ4v) is 3.53. The third-order valence-electron chi connectivity index (χ3n) is 5.11. The molecule has 31 heavy (non-hydrogen) atoms. The molecule has 1 fully saturated rings. The summed E-state index contributed by atoms with van der Waals surface area (Å²) in [7, 11) is 2.73. The van der Waals surface area contributed by atoms with Crippen molar-refractivity contribution in [2.24, 2.45) is 5.73 Å². The molecule has 10 heteroatoms. The third-order valence-corrected chi connectivity index (χ3v) is 5.11. The monoisotopic (exact) mass is 434 g/mol. The number of carbonyl (C=O) groups excluding carboxylic acids is 1. The van der Waals surface area contributed by atoms with E-state index in [4.69, 9.17) is 24.4 Å². The molecule has 1 aromatic heterocycles. The molecule has 0 aliphatic carbocycles. The van der Waals surface area contributed by atoms with Gasteiger partial charge in [0.15, 0.2) is 17.3 Å². The summed E-state index contributed by atoms with van der Waals surface area (Å²) in [5, 5.41) is 20.7. The van der Waals surface area contributed by atoms with Crippen LogP contribution in [-0.2, 0) is 16.1 Å². The van der Waals surface area contributed by atoms with E-state index in [0.29, 0.717) is 44.2 Å². The Labute approximate surface area is 178 Å². The van der Waals surface area contributed by atoms with E-state index < -0.39 is 23.0 Å². The lowest BCUT2D eigenvalue weighted by Crippen LogP contribution is -2.35. The van der Waals surface area contributed by atoms with Crippen molar-refractivity contribution in [3.63, 3.8) is 0 Å². The molecular weight excluding hydrogens is 408 g/mol. The highest BCUT2D eigenvalue weighted by molar-refractivity contribution is 5.75. The maximum absolute atomic E-state index is 12.5. The van der Waals surface area contributed by atoms with Crippen LogP contribution < -0.4 is 20.6 Å². The fraction of sp³-hybridized carbons (Fsp3) is 0.429. The largest absolute Gasteiger partial charge is 0.502 e. The summed E-state index contributed by atoms with van der Waals surface area (Å²) in [4.78, 5) is 26.3. The van der Waals surface area contributed by atoms with Crippen molar-refractivity contribution in [1.82, 2.24) is 4.90 Å². The Kier molecular flexibility index (Phi) is 7.03. The maximum atomic E-state index is 12.5. The summed E-state index contributed by atoms with van der Waals surface area (Å²) in [6, 6.07) is 4.17. The van der Waals surface area contributed by atoms with E-state index in [-0.39, 0.29) is 29.4 Å². The van der Waals surface area contributed by atoms with Gasteiger partial charge >= 0.3 is 0 Å². The van der Waals surface area contributed by atoms with Crippen molar-refractivity contribution < 1.29 is 33.6 Å². The first kappa shape index (κ1) is 22.4. The topological polar surface area (TPSA) is 145 Å². The van der Waals surface area contributed by atoms with E-state index in [1.807, 2.05) is 0 Å². The number of nitrogens with zero attached hydrogens (tertiary/aromatic N) is 1. The highest BCUT2D eigenvalue weighted by Gasteiger charge is 2.28. The Hall–Kier alpha value is -3.24. The summed E-state index contributed by atoms with van der Waals surface area (Å²) >= 11 is 0. The number of ether oxygens (including phenoxy) is 3. The predicted octanol–water partition coefficient (Wildman–Crippen LogP) is 0.908. The molecule has 0 bridgehead atoms. The predicted molar refractivity (Wildman–Crippen MR) is 110 cm³/mol. The highest BCUT2D eigenvalue weighted by Crippen LogP contribution is 2.42. The van der Waals surface area contributed by atoms with E-state index in [1.165, 1.54) is 32.4 Å². The number of nitrogens with two attached hydrogens (primary N) is 1. The van der Waals surface area contributed by atoms with Crippen LogP contribution in [0.1, 0.15) is 29.4 Å². The Morgan fingerprint density at radius 1 is 1.13 bits per heavy atom. The van der Waals surface area contributed by atoms with Gasteiger partial charge in [-0.25, -0.2) is 0 Å². The molecule has 1 aliphatic rings. The van der Waals surface area contributed by atoms with Crippen LogP contribution in [0.3, 0.4) is 0 Å². The number of hydrogen-bond acceptors (Lipinski definition) is 9. The normalized spacial score (nSPS) is 15.4. The minimum Gasteiger partial charge on any atom is -0.502 e. The van der Waals surface area contributed by atoms with Crippen molar-refractivity contribution in [3.8, 4) is 23.0 Å². The van der Waals surface area contributed by atoms with Crippen LogP contribution in [0.5, 0.6) is 23.0 Å². The number of rotatable bonds is 8. The van der Waals surface area contributed by atoms with E-state index in [1.54, 1.807) is 0 Å². The number of benzene rings is 1. The molecule has 0 radical (unpaired) electrons. The third kappa shape index (κ3) is 5.09. The average Bonchev–Trinajstić information content (AvgIpc) is 2.75. The lowest BCUT2D eigenvalue weighted by atomic mass is 9.91. The van der Waals surface area contributed by atoms with Gasteiger partial charge < -0.3 is 34.6 Å². The second kappa shape index (κ2) is 9.71. The van der Waals surface area contributed by atoms with Crippen LogP contribution in [-0.4, -0.2) is 61.5 Å². The number of morpholine rings is 1. The number of hydrogen-bond donors (Lipinski definition) is 3. The summed E-state index contributed by atoms with van der Waals surface area (Å²) in [6.07, 6.45) is -0.255. The lowest BCUT2D eigenvalue weighted by molar-refractivity contribution is -0.118. The smallest absolute Gasteiger partial charge is 0.227 e. The Morgan fingerprint density at radius 2 is 1.74 bits per heavy atom. The van der Waals surface area contributed by atoms with Crippen molar-refractivity contribution in [3.05, 3.63) is 45.5 Å². The van der Waals surface area contributed by atoms with Crippen LogP contribution in [0.4, 0.5) is 0 Å². The number of carbonyl (C=O) groups is 1. The van der Waals surface area contributed by atoms with Gasteiger partial charge in [-0.15, -0.1) is 0 Å². The first-order valence-corrected chi connectivity index (χ1v) is 9.73. The average molecular weight is 434 g/mol. The van der Waals surface area contributed by atoms with Crippen LogP contribution in [0.15, 0.2) is 27.4 Å². The van der Waals surface area contributed by atoms with Crippen molar-refractivity contribution in [2.75, 3.05) is 40.5 Å². The van der Waals surface area contributed by atoms with Crippen LogP contribution in [0, 0.1) is 0 Å². The minimum absolute atomic E-state index is 0.0927. The molecule has 1 aliphatic heterocycles. The molecule has 2 aromatic rings. The molecule has 10 nitrogen and oxygen atoms in total. The molecule has 1 unspecified atom stereocenters. The zero-order chi connectivity index (χ0) is 22.5. The van der Waals surface area contributed by atoms with Gasteiger partial charge in [-0.1, -0.05) is 0 Å². The van der Waals surface area contributed by atoms with E-state index in [9.17, 15) is 19.8 Å². The summed E-state index contributed by atoms with van der Waals surface area (Å²) in [6.45, 7) is 2.85. The fourth-order valence-electron chi connectivity index (χ4n) is 3.53. The minimum atomic E-state index is -0.904. The van der Waals surface area contributed by atoms with Gasteiger partial charge in [0.25, 0.3) is 0 Å². The summed E-state index contributed by atoms with van der Waals surface area (Å²) < 4.78 is 21.6. The molecule has 4 N–H and O–H groups in total. The zero-order valence-corrected chi connectivity index (χ0v) is 17.4. The molecule has 1 amide bonds. The molecule has 3 rings (SSSR count). The number of aromatic hydroxyl groups is 2. The molecule has 1 atom stereocenters. The molecule has 2 heterocycles. The van der Waals surface area contributed by atoms with Crippen LogP contribution in [0.25, 0.3) is 0 Å². The highest BCUT2D eigenvalue weighted by atomic mass is 16.5. The Bertz CT molecular complexity index is 972. The van der Waals surface area contributed by atoms with Crippen LogP contribution >= 0.6 is 0 Å². The first-order chi connectivity index (χ1) is 14.8. The zero-order valence-electron chi connectivity index (χ0n) is 17.4. The van der Waals surface area contributed by atoms with Crippen molar-refractivity contribution >= 4 is 5.91 Å². The van der Waals surface area contributed by atoms with Gasteiger partial charge in [0.2, 0.25) is 22.8 Å². The van der Waals surface area contributed by atoms with Gasteiger partial charge in [0.1, 0.15) is 5.76 Å². The Balaban J connectivity index is 2.08. The second-order valence-corrected chi connectivity index (χ2v) is 7.18. The van der Waals surface area contributed by atoms with E-state index >= 15 is 0 Å². The van der Waals surface area contributed by atoms with Gasteiger partial charge in [0, 0.05) is 25.6 Å². The summed E-state index contributed by atoms with van der Waals surface area (Å²) in [5.74, 6) is -1.97. The Morgan fingerprint density at radius 3 is 2.29 bits per heavy atom. The molecule has 0 spiro atoms. The van der Waals surface area contributed by atoms with Crippen molar-refractivity contribution in [1.29, 1.82) is 0 Å². The van der Waals surface area contributed by atoms with E-state index in [2.05, 4.69) is 4.90 Å². The van der Waals surface area contributed by atoms with E-state index in [0.717, 1.165) is 0 Å². The number of amides is 1. The molecule has 1 saturated heterocycles. The van der Waals surface area contributed by atoms with Gasteiger partial charge in [-0.05, 0) is 17.7 Å². The molecule has 168 valence electrons. The van der Waals surface area contributed by atoms with Gasteiger partial charge in [-0.3, -0.25) is 14.5 Å². The van der Waals surface area contributed by atoms with Gasteiger partial charge in [0.05, 0.1) is 39.9 Å². The quantitative estimate of drug-likeness (QED) is 0.552. The molecule has 1 aromatic carbocycles. The SMILES string of the molecule is COc1cc(C(CC(N)=O)c2oc(CN3CCOCC3)cc(=O)c2O)cc(OC)c1O. The molecule has 0 saturated carbocycles. The summed E-state index contributed by atoms with van der Waals surface area (Å²) in [5.41, 5.74) is 5.22. The standard InChI is InChI=1S/C21H26N2O8/c1-28-16-7-12(8-17(29-2)20(16)27)14(10-18(22)25)21-19(26)15(24)9-13(31-21)11-23-3-5-30-6-4-23/h7-9,14,26-27H,3-6,10-11H2,1-2H3,(H2,22,25). The first-order valence-electron chi connectivity index (χ1n) is 9.73. The molecular formula is C21H26N2O8. The van der Waals surface area contributed by atoms with Gasteiger partial charge in [-0.2, -0.15) is 0 Å². The number of phenols is 1. The lowest BCUT2D eigenvalue weighted by Gasteiger charge is -2.26. The van der Waals surface area contributed by atoms with Crippen molar-refractivity contribution in [2.45, 2.75) is 18.9 Å². The second-order valence-electron chi connectivity index (χ2n) is 7.18. The number of methoxy groups -OCH3 is 2. The number of primary amides is 1. The number of phenolic OH excluding ortho intramolecular Hbond substituents is 1. The van der Waals surface area contributed by atoms with Crippen LogP contribution in [0.2, 0.25) is 0 Å². The maximum Gasteiger partial charge on any atom is 0.227 e.